The van der Waals surface area contributed by atoms with E-state index < -0.39 is 6.04 Å². The first-order chi connectivity index (χ1) is 11.6. The van der Waals surface area contributed by atoms with Gasteiger partial charge < -0.3 is 15.1 Å². The van der Waals surface area contributed by atoms with Gasteiger partial charge in [0.25, 0.3) is 5.91 Å². The Labute approximate surface area is 175 Å². The number of anilines is 1. The standard InChI is InChI=1S/C17H19N4O3.Er/c22-15-4-3-14(16(23)19-15)21-10-11-9-12(1-2-13(11)17(21)24)20-7-5-18-6-8-20;/h1-2,9,14H,3-8,10H2,(H,19,22,23);/q-1;. The molecular weight excluding hydrogens is 475 g/mol. The Hall–Kier alpha value is -1.16. The van der Waals surface area contributed by atoms with Crippen LogP contribution in [-0.2, 0) is 16.1 Å². The predicted octanol–water partition coefficient (Wildman–Crippen LogP) is 0.641. The van der Waals surface area contributed by atoms with Crippen LogP contribution in [-0.4, -0.2) is 54.8 Å². The van der Waals surface area contributed by atoms with Gasteiger partial charge in [0, 0.05) is 61.5 Å². The number of nitrogens with one attached hydrogen (secondary N) is 1. The zero-order chi connectivity index (χ0) is 16.7. The number of piperidine rings is 1. The molecule has 3 amide bonds. The van der Waals surface area contributed by atoms with Crippen LogP contribution in [0.3, 0.4) is 0 Å². The maximum Gasteiger partial charge on any atom is 0.255 e. The van der Waals surface area contributed by atoms with Crippen LogP contribution in [0.2, 0.25) is 0 Å². The second-order valence-corrected chi connectivity index (χ2v) is 6.40. The number of nitrogens with zero attached hydrogens (tertiary/aromatic N) is 3. The second-order valence-electron chi connectivity index (χ2n) is 6.40. The fourth-order valence-corrected chi connectivity index (χ4v) is 3.62. The van der Waals surface area contributed by atoms with Gasteiger partial charge in [0.2, 0.25) is 11.8 Å². The van der Waals surface area contributed by atoms with Crippen molar-refractivity contribution in [1.82, 2.24) is 10.2 Å². The van der Waals surface area contributed by atoms with Crippen molar-refractivity contribution in [1.29, 1.82) is 0 Å². The van der Waals surface area contributed by atoms with E-state index in [1.807, 2.05) is 18.2 Å². The Kier molecular flexibility index (Phi) is 5.67. The first-order valence-electron chi connectivity index (χ1n) is 8.29. The molecule has 7 nitrogen and oxygen atoms in total. The molecule has 1 aromatic carbocycles. The molecule has 3 heterocycles. The van der Waals surface area contributed by atoms with Crippen LogP contribution < -0.4 is 10.2 Å². The third kappa shape index (κ3) is 3.55. The summed E-state index contributed by atoms with van der Waals surface area (Å²) in [5.74, 6) is -0.761. The van der Waals surface area contributed by atoms with Gasteiger partial charge in [-0.3, -0.25) is 19.7 Å². The Balaban J connectivity index is 0.00000182. The number of fused-ring (bicyclic) bond motifs is 1. The van der Waals surface area contributed by atoms with E-state index in [4.69, 9.17) is 0 Å². The van der Waals surface area contributed by atoms with Crippen LogP contribution in [0.1, 0.15) is 28.8 Å². The number of carbonyl (C=O) groups excluding carboxylic acids is 3. The molecule has 0 saturated carbocycles. The molecule has 4 rings (SSSR count). The Bertz CT molecular complexity index is 718. The summed E-state index contributed by atoms with van der Waals surface area (Å²) in [6, 6.07) is 5.31. The van der Waals surface area contributed by atoms with Gasteiger partial charge in [0.1, 0.15) is 6.04 Å². The summed E-state index contributed by atoms with van der Waals surface area (Å²) >= 11 is 0. The van der Waals surface area contributed by atoms with Crippen molar-refractivity contribution in [3.05, 3.63) is 34.6 Å². The topological polar surface area (TPSA) is 83.8 Å². The molecule has 1 N–H and O–H groups in total. The number of hydrogen-bond acceptors (Lipinski definition) is 4. The summed E-state index contributed by atoms with van der Waals surface area (Å²) in [5.41, 5.74) is 2.71. The van der Waals surface area contributed by atoms with E-state index in [1.165, 1.54) is 0 Å². The molecule has 1 aromatic rings. The van der Waals surface area contributed by atoms with Crippen molar-refractivity contribution in [3.63, 3.8) is 0 Å². The van der Waals surface area contributed by atoms with Gasteiger partial charge in [-0.05, 0) is 43.3 Å². The van der Waals surface area contributed by atoms with Gasteiger partial charge in [-0.1, -0.05) is 0 Å². The normalized spacial score (nSPS) is 23.2. The molecule has 2 fully saturated rings. The number of hydrogen-bond donors (Lipinski definition) is 1. The summed E-state index contributed by atoms with van der Waals surface area (Å²) in [5, 5.41) is 6.68. The fourth-order valence-electron chi connectivity index (χ4n) is 3.62. The van der Waals surface area contributed by atoms with E-state index in [0.29, 0.717) is 18.5 Å². The summed E-state index contributed by atoms with van der Waals surface area (Å²) < 4.78 is 0. The van der Waals surface area contributed by atoms with Crippen LogP contribution >= 0.6 is 0 Å². The first-order valence-corrected chi connectivity index (χ1v) is 8.29. The van der Waals surface area contributed by atoms with E-state index in [1.54, 1.807) is 4.90 Å². The van der Waals surface area contributed by atoms with Gasteiger partial charge >= 0.3 is 0 Å². The summed E-state index contributed by atoms with van der Waals surface area (Å²) in [4.78, 5) is 39.9. The third-order valence-electron chi connectivity index (χ3n) is 4.93. The van der Waals surface area contributed by atoms with Crippen LogP contribution in [0.25, 0.3) is 5.32 Å². The minimum Gasteiger partial charge on any atom is -0.659 e. The number of carbonyl (C=O) groups is 3. The maximum atomic E-state index is 12.6. The molecule has 2 saturated heterocycles. The number of rotatable bonds is 2. The summed E-state index contributed by atoms with van der Waals surface area (Å²) in [6.07, 6.45) is 0.671. The number of imide groups is 1. The molecule has 3 aliphatic heterocycles. The van der Waals surface area contributed by atoms with E-state index >= 15 is 0 Å². The molecule has 0 bridgehead atoms. The Morgan fingerprint density at radius 3 is 2.60 bits per heavy atom. The van der Waals surface area contributed by atoms with Gasteiger partial charge in [-0.2, -0.15) is 0 Å². The SMILES string of the molecule is O=C1CCC(N2Cc3cc(N4CC[N-]CC4)ccc3C2=O)C(=O)N1.[Er]. The molecule has 1 atom stereocenters. The molecule has 8 heteroatoms. The molecule has 0 spiro atoms. The second kappa shape index (κ2) is 7.61. The van der Waals surface area contributed by atoms with Gasteiger partial charge in [0.05, 0.1) is 0 Å². The van der Waals surface area contributed by atoms with Crippen molar-refractivity contribution >= 4 is 23.4 Å². The van der Waals surface area contributed by atoms with E-state index in [9.17, 15) is 14.4 Å². The minimum atomic E-state index is -0.556. The zero-order valence-electron chi connectivity index (χ0n) is 13.6. The minimum absolute atomic E-state index is 0. The summed E-state index contributed by atoms with van der Waals surface area (Å²) in [6.45, 7) is 3.87. The van der Waals surface area contributed by atoms with Crippen molar-refractivity contribution in [2.24, 2.45) is 0 Å². The summed E-state index contributed by atoms with van der Waals surface area (Å²) in [7, 11) is 0. The molecule has 1 unspecified atom stereocenters. The zero-order valence-corrected chi connectivity index (χ0v) is 15.5. The molecule has 0 radical (unpaired) electrons. The maximum absolute atomic E-state index is 12.6. The largest absolute Gasteiger partial charge is 0.659 e. The van der Waals surface area contributed by atoms with Crippen LogP contribution in [0.15, 0.2) is 18.2 Å². The number of piperazine rings is 1. The van der Waals surface area contributed by atoms with Crippen molar-refractivity contribution in [2.75, 3.05) is 31.1 Å². The fraction of sp³-hybridized carbons (Fsp3) is 0.471. The molecular formula is C17H19ErN4O3-. The van der Waals surface area contributed by atoms with Gasteiger partial charge in [-0.15, -0.1) is 13.1 Å². The van der Waals surface area contributed by atoms with Crippen molar-refractivity contribution < 1.29 is 51.7 Å². The van der Waals surface area contributed by atoms with E-state index in [2.05, 4.69) is 15.5 Å². The average molecular weight is 495 g/mol. The molecule has 0 aromatic heterocycles. The smallest absolute Gasteiger partial charge is 0.255 e. The van der Waals surface area contributed by atoms with E-state index in [-0.39, 0.29) is 61.4 Å². The average Bonchev–Trinajstić information content (AvgIpc) is 2.92. The Morgan fingerprint density at radius 1 is 1.12 bits per heavy atom. The first kappa shape index (κ1) is 18.6. The van der Waals surface area contributed by atoms with Crippen molar-refractivity contribution in [3.8, 4) is 0 Å². The van der Waals surface area contributed by atoms with Crippen LogP contribution in [0.4, 0.5) is 5.69 Å². The van der Waals surface area contributed by atoms with Gasteiger partial charge in [0.15, 0.2) is 0 Å². The van der Waals surface area contributed by atoms with Crippen molar-refractivity contribution in [2.45, 2.75) is 25.4 Å². The van der Waals surface area contributed by atoms with Crippen LogP contribution in [0.5, 0.6) is 0 Å². The van der Waals surface area contributed by atoms with Gasteiger partial charge in [-0.25, -0.2) is 0 Å². The predicted molar refractivity (Wildman–Crippen MR) is 87.8 cm³/mol. The molecule has 0 aliphatic carbocycles. The Morgan fingerprint density at radius 2 is 1.88 bits per heavy atom. The van der Waals surface area contributed by atoms with Crippen LogP contribution in [0, 0.1) is 37.3 Å². The quantitative estimate of drug-likeness (QED) is 0.612. The third-order valence-corrected chi connectivity index (χ3v) is 4.93. The molecule has 3 aliphatic rings. The van der Waals surface area contributed by atoms with E-state index in [0.717, 1.165) is 37.4 Å². The number of benzene rings is 1. The molecule has 25 heavy (non-hydrogen) atoms. The number of amides is 3. The monoisotopic (exact) mass is 493 g/mol. The molecule has 138 valence electrons.